The number of pyridine rings is 1. The van der Waals surface area contributed by atoms with Gasteiger partial charge in [0.2, 0.25) is 0 Å². The molecule has 1 atom stereocenters. The van der Waals surface area contributed by atoms with Gasteiger partial charge in [-0.3, -0.25) is 4.98 Å². The van der Waals surface area contributed by atoms with Crippen LogP contribution < -0.4 is 0 Å². The predicted molar refractivity (Wildman–Crippen MR) is 68.7 cm³/mol. The molecule has 3 heteroatoms. The molecule has 2 nitrogen and oxygen atoms in total. The van der Waals surface area contributed by atoms with Crippen molar-refractivity contribution in [1.82, 2.24) is 4.98 Å². The van der Waals surface area contributed by atoms with Crippen molar-refractivity contribution in [2.45, 2.75) is 25.9 Å². The van der Waals surface area contributed by atoms with Gasteiger partial charge < -0.3 is 5.11 Å². The first-order chi connectivity index (χ1) is 8.66. The highest BCUT2D eigenvalue weighted by atomic mass is 19.1. The lowest BCUT2D eigenvalue weighted by Crippen LogP contribution is -2.03. The number of benzene rings is 1. The van der Waals surface area contributed by atoms with Gasteiger partial charge in [0.05, 0.1) is 12.3 Å². The Balaban J connectivity index is 2.00. The molecule has 94 valence electrons. The largest absolute Gasteiger partial charge is 0.388 e. The van der Waals surface area contributed by atoms with Crippen molar-refractivity contribution in [3.05, 3.63) is 65.2 Å². The molecule has 2 aromatic rings. The Morgan fingerprint density at radius 3 is 2.89 bits per heavy atom. The van der Waals surface area contributed by atoms with Crippen LogP contribution in [0, 0.1) is 12.7 Å². The fourth-order valence-corrected chi connectivity index (χ4v) is 1.98. The van der Waals surface area contributed by atoms with Crippen LogP contribution in [0.15, 0.2) is 42.7 Å². The Hall–Kier alpha value is -1.74. The van der Waals surface area contributed by atoms with Gasteiger partial charge in [0.15, 0.2) is 0 Å². The molecule has 0 aliphatic heterocycles. The van der Waals surface area contributed by atoms with E-state index in [9.17, 15) is 9.50 Å². The second-order valence-corrected chi connectivity index (χ2v) is 4.44. The molecular formula is C15H16FNO. The summed E-state index contributed by atoms with van der Waals surface area (Å²) in [5.41, 5.74) is 2.67. The molecule has 1 aromatic carbocycles. The zero-order valence-corrected chi connectivity index (χ0v) is 10.3. The third-order valence-corrected chi connectivity index (χ3v) is 2.95. The minimum atomic E-state index is -0.784. The van der Waals surface area contributed by atoms with Crippen molar-refractivity contribution in [3.63, 3.8) is 0 Å². The molecular weight excluding hydrogens is 229 g/mol. The van der Waals surface area contributed by atoms with E-state index in [1.54, 1.807) is 0 Å². The van der Waals surface area contributed by atoms with Crippen LogP contribution in [-0.4, -0.2) is 10.1 Å². The van der Waals surface area contributed by atoms with Crippen LogP contribution in [0.2, 0.25) is 0 Å². The van der Waals surface area contributed by atoms with Gasteiger partial charge in [-0.25, -0.2) is 4.39 Å². The Morgan fingerprint density at radius 2 is 2.17 bits per heavy atom. The number of aryl methyl sites for hydroxylation is 2. The molecule has 18 heavy (non-hydrogen) atoms. The van der Waals surface area contributed by atoms with Crippen molar-refractivity contribution in [2.24, 2.45) is 0 Å². The fraction of sp³-hybridized carbons (Fsp3) is 0.267. The number of aliphatic hydroxyl groups is 1. The minimum absolute atomic E-state index is 0.317. The predicted octanol–water partition coefficient (Wildman–Crippen LogP) is 3.20. The SMILES string of the molecule is Cc1cccc(CCC(O)c2ccncc2F)c1. The molecule has 0 radical (unpaired) electrons. The molecule has 2 rings (SSSR count). The molecule has 0 amide bonds. The summed E-state index contributed by atoms with van der Waals surface area (Å²) in [6.45, 7) is 2.03. The maximum absolute atomic E-state index is 13.4. The number of nitrogens with zero attached hydrogens (tertiary/aromatic N) is 1. The summed E-state index contributed by atoms with van der Waals surface area (Å²) in [4.78, 5) is 3.67. The molecule has 0 bridgehead atoms. The highest BCUT2D eigenvalue weighted by Crippen LogP contribution is 2.21. The van der Waals surface area contributed by atoms with E-state index in [0.29, 0.717) is 12.0 Å². The van der Waals surface area contributed by atoms with E-state index in [0.717, 1.165) is 18.2 Å². The van der Waals surface area contributed by atoms with Gasteiger partial charge in [0.25, 0.3) is 0 Å². The summed E-state index contributed by atoms with van der Waals surface area (Å²) in [5.74, 6) is -0.450. The smallest absolute Gasteiger partial charge is 0.147 e. The lowest BCUT2D eigenvalue weighted by molar-refractivity contribution is 0.163. The maximum atomic E-state index is 13.4. The van der Waals surface area contributed by atoms with E-state index in [4.69, 9.17) is 0 Å². The molecule has 1 aromatic heterocycles. The van der Waals surface area contributed by atoms with Gasteiger partial charge >= 0.3 is 0 Å². The Kier molecular flexibility index (Phi) is 4.05. The van der Waals surface area contributed by atoms with Crippen LogP contribution in [0.1, 0.15) is 29.2 Å². The summed E-state index contributed by atoms with van der Waals surface area (Å²) in [5, 5.41) is 9.96. The van der Waals surface area contributed by atoms with Crippen molar-refractivity contribution >= 4 is 0 Å². The summed E-state index contributed by atoms with van der Waals surface area (Å²) < 4.78 is 13.4. The van der Waals surface area contributed by atoms with E-state index in [1.807, 2.05) is 25.1 Å². The summed E-state index contributed by atoms with van der Waals surface area (Å²) in [6.07, 6.45) is 3.07. The van der Waals surface area contributed by atoms with Crippen LogP contribution in [0.3, 0.4) is 0 Å². The molecule has 1 unspecified atom stereocenters. The van der Waals surface area contributed by atoms with Gasteiger partial charge in [-0.15, -0.1) is 0 Å². The molecule has 0 spiro atoms. The van der Waals surface area contributed by atoms with Gasteiger partial charge in [0, 0.05) is 11.8 Å². The van der Waals surface area contributed by atoms with Crippen LogP contribution in [-0.2, 0) is 6.42 Å². The van der Waals surface area contributed by atoms with Crippen molar-refractivity contribution in [1.29, 1.82) is 0 Å². The molecule has 0 saturated carbocycles. The van der Waals surface area contributed by atoms with Crippen LogP contribution >= 0.6 is 0 Å². The van der Waals surface area contributed by atoms with E-state index < -0.39 is 11.9 Å². The number of rotatable bonds is 4. The zero-order valence-electron chi connectivity index (χ0n) is 10.3. The van der Waals surface area contributed by atoms with Gasteiger partial charge in [-0.1, -0.05) is 29.8 Å². The first kappa shape index (κ1) is 12.7. The zero-order chi connectivity index (χ0) is 13.0. The van der Waals surface area contributed by atoms with E-state index in [2.05, 4.69) is 11.1 Å². The number of hydrogen-bond donors (Lipinski definition) is 1. The van der Waals surface area contributed by atoms with Gasteiger partial charge in [-0.05, 0) is 31.4 Å². The second-order valence-electron chi connectivity index (χ2n) is 4.44. The van der Waals surface area contributed by atoms with Crippen molar-refractivity contribution in [3.8, 4) is 0 Å². The minimum Gasteiger partial charge on any atom is -0.388 e. The average Bonchev–Trinajstić information content (AvgIpc) is 2.37. The molecule has 0 aliphatic rings. The standard InChI is InChI=1S/C15H16FNO/c1-11-3-2-4-12(9-11)5-6-15(18)13-7-8-17-10-14(13)16/h2-4,7-10,15,18H,5-6H2,1H3. The van der Waals surface area contributed by atoms with Gasteiger partial charge in [0.1, 0.15) is 5.82 Å². The topological polar surface area (TPSA) is 33.1 Å². The summed E-state index contributed by atoms with van der Waals surface area (Å²) in [7, 11) is 0. The lowest BCUT2D eigenvalue weighted by atomic mass is 10.0. The third kappa shape index (κ3) is 3.14. The van der Waals surface area contributed by atoms with E-state index in [-0.39, 0.29) is 0 Å². The maximum Gasteiger partial charge on any atom is 0.147 e. The molecule has 0 fully saturated rings. The highest BCUT2D eigenvalue weighted by molar-refractivity contribution is 5.23. The monoisotopic (exact) mass is 245 g/mol. The first-order valence-electron chi connectivity index (χ1n) is 6.00. The van der Waals surface area contributed by atoms with E-state index >= 15 is 0 Å². The van der Waals surface area contributed by atoms with Crippen molar-refractivity contribution < 1.29 is 9.50 Å². The normalized spacial score (nSPS) is 12.4. The number of aromatic nitrogens is 1. The summed E-state index contributed by atoms with van der Waals surface area (Å²) >= 11 is 0. The number of hydrogen-bond acceptors (Lipinski definition) is 2. The Bertz CT molecular complexity index is 527. The molecule has 0 aliphatic carbocycles. The molecule has 1 N–H and O–H groups in total. The molecule has 0 saturated heterocycles. The van der Waals surface area contributed by atoms with Gasteiger partial charge in [-0.2, -0.15) is 0 Å². The number of aliphatic hydroxyl groups excluding tert-OH is 1. The average molecular weight is 245 g/mol. The first-order valence-corrected chi connectivity index (χ1v) is 6.00. The van der Waals surface area contributed by atoms with Crippen molar-refractivity contribution in [2.75, 3.05) is 0 Å². The Morgan fingerprint density at radius 1 is 1.33 bits per heavy atom. The van der Waals surface area contributed by atoms with Crippen LogP contribution in [0.25, 0.3) is 0 Å². The third-order valence-electron chi connectivity index (χ3n) is 2.95. The van der Waals surface area contributed by atoms with Crippen LogP contribution in [0.4, 0.5) is 4.39 Å². The second kappa shape index (κ2) is 5.74. The molecule has 1 heterocycles. The summed E-state index contributed by atoms with van der Waals surface area (Å²) in [6, 6.07) is 9.64. The lowest BCUT2D eigenvalue weighted by Gasteiger charge is -2.11. The number of halogens is 1. The van der Waals surface area contributed by atoms with E-state index in [1.165, 1.54) is 17.8 Å². The Labute approximate surface area is 106 Å². The quantitative estimate of drug-likeness (QED) is 0.897. The van der Waals surface area contributed by atoms with Crippen LogP contribution in [0.5, 0.6) is 0 Å². The highest BCUT2D eigenvalue weighted by Gasteiger charge is 2.12. The fourth-order valence-electron chi connectivity index (χ4n) is 1.98.